The molecular weight excluding hydrogens is 200 g/mol. The van der Waals surface area contributed by atoms with Crippen molar-refractivity contribution in [2.45, 2.75) is 19.4 Å². The van der Waals surface area contributed by atoms with E-state index in [4.69, 9.17) is 20.8 Å². The Morgan fingerprint density at radius 1 is 1.73 bits per heavy atom. The van der Waals surface area contributed by atoms with Crippen molar-refractivity contribution in [2.24, 2.45) is 5.73 Å². The van der Waals surface area contributed by atoms with Gasteiger partial charge < -0.3 is 20.7 Å². The van der Waals surface area contributed by atoms with Crippen LogP contribution in [0.2, 0.25) is 0 Å². The summed E-state index contributed by atoms with van der Waals surface area (Å²) in [7, 11) is 0. The van der Waals surface area contributed by atoms with Crippen molar-refractivity contribution in [2.75, 3.05) is 0 Å². The number of aliphatic carboxylic acids is 1. The zero-order valence-corrected chi connectivity index (χ0v) is 7.99. The number of rotatable bonds is 5. The summed E-state index contributed by atoms with van der Waals surface area (Å²) < 4.78 is 4.89. The zero-order valence-electron chi connectivity index (χ0n) is 7.99. The molecule has 1 heterocycles. The Morgan fingerprint density at radius 3 is 3.07 bits per heavy atom. The van der Waals surface area contributed by atoms with Crippen LogP contribution in [0, 0.1) is 5.41 Å². The van der Waals surface area contributed by atoms with Crippen LogP contribution >= 0.6 is 0 Å². The van der Waals surface area contributed by atoms with Gasteiger partial charge in [0.2, 0.25) is 0 Å². The number of aryl methyl sites for hydroxylation is 1. The van der Waals surface area contributed by atoms with E-state index in [1.165, 1.54) is 0 Å². The van der Waals surface area contributed by atoms with Crippen molar-refractivity contribution in [3.8, 4) is 0 Å². The lowest BCUT2D eigenvalue weighted by Gasteiger charge is -1.97. The molecule has 0 aliphatic carbocycles. The van der Waals surface area contributed by atoms with E-state index in [0.717, 1.165) is 0 Å². The second kappa shape index (κ2) is 4.99. The summed E-state index contributed by atoms with van der Waals surface area (Å²) >= 11 is 0. The second-order valence-electron chi connectivity index (χ2n) is 2.95. The molecule has 0 atom stereocenters. The van der Waals surface area contributed by atoms with Crippen LogP contribution in [-0.4, -0.2) is 22.2 Å². The Balaban J connectivity index is 2.41. The topological polar surface area (TPSA) is 125 Å². The van der Waals surface area contributed by atoms with E-state index >= 15 is 0 Å². The summed E-state index contributed by atoms with van der Waals surface area (Å²) in [4.78, 5) is 10.3. The molecule has 0 aromatic carbocycles. The Hall–Kier alpha value is -2.05. The standard InChI is InChI=1S/C8H12N4O3/c9-8(10)11-4-6-3-5(12-15-6)1-2-7(13)14/h3H,1-2,4H2,(H,13,14)(H4,9,10,11). The summed E-state index contributed by atoms with van der Waals surface area (Å²) in [5.74, 6) is -0.509. The predicted octanol–water partition coefficient (Wildman–Crippen LogP) is -0.325. The summed E-state index contributed by atoms with van der Waals surface area (Å²) in [6.45, 7) is 0.273. The van der Waals surface area contributed by atoms with E-state index in [9.17, 15) is 4.79 Å². The molecular formula is C8H12N4O3. The van der Waals surface area contributed by atoms with Gasteiger partial charge in [0.15, 0.2) is 11.7 Å². The summed E-state index contributed by atoms with van der Waals surface area (Å²) in [6, 6.07) is 1.64. The van der Waals surface area contributed by atoms with Crippen LogP contribution in [0.3, 0.4) is 0 Å². The van der Waals surface area contributed by atoms with Crippen molar-refractivity contribution in [1.29, 1.82) is 5.41 Å². The molecule has 7 nitrogen and oxygen atoms in total. The normalized spacial score (nSPS) is 9.87. The van der Waals surface area contributed by atoms with Gasteiger partial charge >= 0.3 is 5.97 Å². The van der Waals surface area contributed by atoms with E-state index in [1.807, 2.05) is 0 Å². The first-order valence-electron chi connectivity index (χ1n) is 4.32. The van der Waals surface area contributed by atoms with Gasteiger partial charge in [-0.15, -0.1) is 0 Å². The highest BCUT2D eigenvalue weighted by Crippen LogP contribution is 2.05. The van der Waals surface area contributed by atoms with Gasteiger partial charge in [-0.2, -0.15) is 0 Å². The highest BCUT2D eigenvalue weighted by molar-refractivity contribution is 5.74. The van der Waals surface area contributed by atoms with E-state index in [0.29, 0.717) is 17.9 Å². The summed E-state index contributed by atoms with van der Waals surface area (Å²) in [6.07, 6.45) is 0.352. The number of nitrogens with zero attached hydrogens (tertiary/aromatic N) is 1. The third-order valence-electron chi connectivity index (χ3n) is 1.66. The molecule has 0 unspecified atom stereocenters. The van der Waals surface area contributed by atoms with Gasteiger partial charge in [-0.05, 0) is 0 Å². The number of guanidine groups is 1. The molecule has 0 spiro atoms. The number of nitrogens with two attached hydrogens (primary N) is 1. The zero-order chi connectivity index (χ0) is 11.3. The van der Waals surface area contributed by atoms with E-state index in [2.05, 4.69) is 10.5 Å². The Labute approximate surface area is 85.8 Å². The smallest absolute Gasteiger partial charge is 0.303 e. The predicted molar refractivity (Wildman–Crippen MR) is 51.2 cm³/mol. The molecule has 0 fully saturated rings. The molecule has 7 heteroatoms. The van der Waals surface area contributed by atoms with Crippen LogP contribution in [0.25, 0.3) is 0 Å². The Kier molecular flexibility index (Phi) is 3.67. The SMILES string of the molecule is N=C(N)NCc1cc(CCC(=O)O)no1. The summed E-state index contributed by atoms with van der Waals surface area (Å²) in [5.41, 5.74) is 5.66. The number of aromatic nitrogens is 1. The lowest BCUT2D eigenvalue weighted by Crippen LogP contribution is -2.29. The molecule has 0 aliphatic rings. The third-order valence-corrected chi connectivity index (χ3v) is 1.66. The lowest BCUT2D eigenvalue weighted by molar-refractivity contribution is -0.136. The van der Waals surface area contributed by atoms with Crippen LogP contribution < -0.4 is 11.1 Å². The highest BCUT2D eigenvalue weighted by Gasteiger charge is 2.06. The fourth-order valence-electron chi connectivity index (χ4n) is 0.974. The van der Waals surface area contributed by atoms with Gasteiger partial charge in [0.05, 0.1) is 18.7 Å². The quantitative estimate of drug-likeness (QED) is 0.391. The molecule has 0 saturated carbocycles. The van der Waals surface area contributed by atoms with Crippen molar-refractivity contribution < 1.29 is 14.4 Å². The van der Waals surface area contributed by atoms with Gasteiger partial charge in [-0.25, -0.2) is 0 Å². The van der Waals surface area contributed by atoms with Crippen LogP contribution in [0.5, 0.6) is 0 Å². The van der Waals surface area contributed by atoms with Gasteiger partial charge in [-0.3, -0.25) is 10.2 Å². The Bertz CT molecular complexity index is 328. The maximum Gasteiger partial charge on any atom is 0.303 e. The van der Waals surface area contributed by atoms with Crippen LogP contribution in [-0.2, 0) is 17.8 Å². The van der Waals surface area contributed by atoms with E-state index in [-0.39, 0.29) is 18.9 Å². The minimum Gasteiger partial charge on any atom is -0.481 e. The molecule has 1 aromatic rings. The average Bonchev–Trinajstić information content (AvgIpc) is 2.59. The van der Waals surface area contributed by atoms with Gasteiger partial charge in [0.25, 0.3) is 0 Å². The van der Waals surface area contributed by atoms with Crippen LogP contribution in [0.1, 0.15) is 17.9 Å². The molecule has 82 valence electrons. The van der Waals surface area contributed by atoms with Gasteiger partial charge in [0, 0.05) is 12.5 Å². The molecule has 1 rings (SSSR count). The van der Waals surface area contributed by atoms with Crippen LogP contribution in [0.4, 0.5) is 0 Å². The number of hydrogen-bond donors (Lipinski definition) is 4. The average molecular weight is 212 g/mol. The maximum absolute atomic E-state index is 10.3. The summed E-state index contributed by atoms with van der Waals surface area (Å²) in [5, 5.41) is 21.6. The fourth-order valence-corrected chi connectivity index (χ4v) is 0.974. The van der Waals surface area contributed by atoms with Crippen molar-refractivity contribution in [3.63, 3.8) is 0 Å². The molecule has 0 saturated heterocycles. The molecule has 5 N–H and O–H groups in total. The molecule has 0 bridgehead atoms. The number of nitrogens with one attached hydrogen (secondary N) is 2. The highest BCUT2D eigenvalue weighted by atomic mass is 16.5. The van der Waals surface area contributed by atoms with E-state index in [1.54, 1.807) is 6.07 Å². The number of carboxylic acid groups (broad SMARTS) is 1. The number of carbonyl (C=O) groups is 1. The van der Waals surface area contributed by atoms with E-state index < -0.39 is 5.97 Å². The number of carboxylic acids is 1. The Morgan fingerprint density at radius 2 is 2.47 bits per heavy atom. The molecule has 15 heavy (non-hydrogen) atoms. The second-order valence-corrected chi connectivity index (χ2v) is 2.95. The maximum atomic E-state index is 10.3. The minimum atomic E-state index is -0.874. The lowest BCUT2D eigenvalue weighted by atomic mass is 10.2. The molecule has 0 radical (unpaired) electrons. The third kappa shape index (κ3) is 4.12. The van der Waals surface area contributed by atoms with Crippen LogP contribution in [0.15, 0.2) is 10.6 Å². The first-order valence-corrected chi connectivity index (χ1v) is 4.32. The minimum absolute atomic E-state index is 0.0200. The molecule has 0 amide bonds. The largest absolute Gasteiger partial charge is 0.481 e. The van der Waals surface area contributed by atoms with Gasteiger partial charge in [0.1, 0.15) is 0 Å². The van der Waals surface area contributed by atoms with Crippen molar-refractivity contribution in [3.05, 3.63) is 17.5 Å². The monoisotopic (exact) mass is 212 g/mol. The van der Waals surface area contributed by atoms with Crippen molar-refractivity contribution in [1.82, 2.24) is 10.5 Å². The first-order chi connectivity index (χ1) is 7.08. The first kappa shape index (κ1) is 11.0. The number of hydrogen-bond acceptors (Lipinski definition) is 4. The molecule has 1 aromatic heterocycles. The van der Waals surface area contributed by atoms with Gasteiger partial charge in [-0.1, -0.05) is 5.16 Å². The fraction of sp³-hybridized carbons (Fsp3) is 0.375. The van der Waals surface area contributed by atoms with Crippen molar-refractivity contribution >= 4 is 11.9 Å². The molecule has 0 aliphatic heterocycles.